The second kappa shape index (κ2) is 5.77. The molecule has 0 aliphatic heterocycles. The molecule has 0 spiro atoms. The molecule has 0 saturated heterocycles. The van der Waals surface area contributed by atoms with Crippen LogP contribution in [0.2, 0.25) is 0 Å². The summed E-state index contributed by atoms with van der Waals surface area (Å²) in [7, 11) is 0. The molecule has 1 atom stereocenters. The molecule has 1 unspecified atom stereocenters. The van der Waals surface area contributed by atoms with Crippen molar-refractivity contribution in [2.75, 3.05) is 0 Å². The number of benzene rings is 1. The molecule has 25 heavy (non-hydrogen) atoms. The van der Waals surface area contributed by atoms with Crippen LogP contribution in [0.5, 0.6) is 5.75 Å². The van der Waals surface area contributed by atoms with Gasteiger partial charge < -0.3 is 10.4 Å². The van der Waals surface area contributed by atoms with Gasteiger partial charge in [-0.05, 0) is 37.0 Å². The molecule has 2 heterocycles. The van der Waals surface area contributed by atoms with Crippen molar-refractivity contribution in [2.45, 2.75) is 32.2 Å². The highest BCUT2D eigenvalue weighted by Gasteiger charge is 2.25. The van der Waals surface area contributed by atoms with Crippen LogP contribution in [0.25, 0.3) is 5.65 Å². The summed E-state index contributed by atoms with van der Waals surface area (Å²) in [4.78, 5) is 29.3. The minimum atomic E-state index is -0.255. The maximum Gasteiger partial charge on any atom is 0.276 e. The van der Waals surface area contributed by atoms with Crippen molar-refractivity contribution >= 4 is 11.6 Å². The summed E-state index contributed by atoms with van der Waals surface area (Å²) in [6.45, 7) is 1.74. The van der Waals surface area contributed by atoms with E-state index >= 15 is 0 Å². The molecule has 7 heteroatoms. The van der Waals surface area contributed by atoms with E-state index in [4.69, 9.17) is 0 Å². The zero-order valence-corrected chi connectivity index (χ0v) is 13.7. The molecule has 3 aromatic rings. The Labute approximate surface area is 143 Å². The molecule has 0 radical (unpaired) electrons. The summed E-state index contributed by atoms with van der Waals surface area (Å²) in [6, 6.07) is 7.06. The normalized spacial score (nSPS) is 16.1. The van der Waals surface area contributed by atoms with E-state index < -0.39 is 0 Å². The molecule has 128 valence electrons. The number of aromatic hydroxyl groups is 1. The van der Waals surface area contributed by atoms with Crippen molar-refractivity contribution < 1.29 is 9.90 Å². The molecular formula is C18H18N4O3. The van der Waals surface area contributed by atoms with Crippen molar-refractivity contribution in [3.63, 3.8) is 0 Å². The first kappa shape index (κ1) is 15.4. The molecule has 1 aliphatic rings. The van der Waals surface area contributed by atoms with Crippen LogP contribution in [0.15, 0.2) is 35.3 Å². The first-order valence-corrected chi connectivity index (χ1v) is 8.17. The van der Waals surface area contributed by atoms with Gasteiger partial charge in [0.05, 0.1) is 6.42 Å². The highest BCUT2D eigenvalue weighted by Crippen LogP contribution is 2.29. The van der Waals surface area contributed by atoms with Crippen LogP contribution in [0, 0.1) is 6.92 Å². The van der Waals surface area contributed by atoms with Gasteiger partial charge in [0.15, 0.2) is 5.65 Å². The molecule has 0 saturated carbocycles. The Morgan fingerprint density at radius 1 is 1.40 bits per heavy atom. The number of aromatic nitrogens is 3. The van der Waals surface area contributed by atoms with Gasteiger partial charge in [-0.1, -0.05) is 12.1 Å². The SMILES string of the molecule is Cc1nc2cc[nH]n2c(=O)c1CC(=O)NC1Cc2cccc(O)c2C1. The topological polar surface area (TPSA) is 99.5 Å². The van der Waals surface area contributed by atoms with Crippen molar-refractivity contribution in [1.29, 1.82) is 0 Å². The zero-order valence-electron chi connectivity index (χ0n) is 13.7. The van der Waals surface area contributed by atoms with E-state index in [1.165, 1.54) is 4.52 Å². The molecule has 2 aromatic heterocycles. The number of nitrogens with one attached hydrogen (secondary N) is 2. The Morgan fingerprint density at radius 2 is 2.24 bits per heavy atom. The maximum absolute atomic E-state index is 12.5. The van der Waals surface area contributed by atoms with Gasteiger partial charge >= 0.3 is 0 Å². The average Bonchev–Trinajstić information content (AvgIpc) is 3.18. The third kappa shape index (κ3) is 2.67. The second-order valence-corrected chi connectivity index (χ2v) is 6.40. The van der Waals surface area contributed by atoms with Gasteiger partial charge in [0.1, 0.15) is 5.75 Å². The van der Waals surface area contributed by atoms with Gasteiger partial charge in [-0.25, -0.2) is 9.50 Å². The molecular weight excluding hydrogens is 320 g/mol. The third-order valence-electron chi connectivity index (χ3n) is 4.71. The molecule has 0 bridgehead atoms. The van der Waals surface area contributed by atoms with Crippen LogP contribution in [0.4, 0.5) is 0 Å². The summed E-state index contributed by atoms with van der Waals surface area (Å²) >= 11 is 0. The van der Waals surface area contributed by atoms with Gasteiger partial charge in [0, 0.05) is 29.6 Å². The first-order chi connectivity index (χ1) is 12.0. The van der Waals surface area contributed by atoms with Crippen LogP contribution in [-0.4, -0.2) is 31.7 Å². The molecule has 4 rings (SSSR count). The zero-order chi connectivity index (χ0) is 17.6. The van der Waals surface area contributed by atoms with Gasteiger partial charge in [-0.15, -0.1) is 0 Å². The van der Waals surface area contributed by atoms with E-state index in [1.54, 1.807) is 31.3 Å². The Kier molecular flexibility index (Phi) is 3.56. The fraction of sp³-hybridized carbons (Fsp3) is 0.278. The lowest BCUT2D eigenvalue weighted by Gasteiger charge is -2.12. The van der Waals surface area contributed by atoms with E-state index in [-0.39, 0.29) is 29.7 Å². The van der Waals surface area contributed by atoms with E-state index in [1.807, 2.05) is 6.07 Å². The lowest BCUT2D eigenvalue weighted by atomic mass is 10.1. The number of aromatic amines is 1. The Hall–Kier alpha value is -3.09. The monoisotopic (exact) mass is 338 g/mol. The summed E-state index contributed by atoms with van der Waals surface area (Å²) in [5, 5.41) is 15.7. The lowest BCUT2D eigenvalue weighted by molar-refractivity contribution is -0.121. The predicted molar refractivity (Wildman–Crippen MR) is 91.7 cm³/mol. The van der Waals surface area contributed by atoms with Gasteiger partial charge in [-0.2, -0.15) is 0 Å². The Bertz CT molecular complexity index is 1030. The second-order valence-electron chi connectivity index (χ2n) is 6.40. The number of phenolic OH excluding ortho intramolecular Hbond substituents is 1. The summed E-state index contributed by atoms with van der Waals surface area (Å²) in [5.74, 6) is 0.0514. The van der Waals surface area contributed by atoms with Crippen LogP contribution < -0.4 is 10.9 Å². The number of hydrogen-bond donors (Lipinski definition) is 3. The number of amides is 1. The van der Waals surface area contributed by atoms with Crippen LogP contribution >= 0.6 is 0 Å². The van der Waals surface area contributed by atoms with E-state index in [0.29, 0.717) is 29.7 Å². The number of carbonyl (C=O) groups excluding carboxylic acids is 1. The summed E-state index contributed by atoms with van der Waals surface area (Å²) < 4.78 is 1.33. The van der Waals surface area contributed by atoms with Crippen LogP contribution in [0.1, 0.15) is 22.4 Å². The fourth-order valence-electron chi connectivity index (χ4n) is 3.48. The van der Waals surface area contributed by atoms with E-state index in [0.717, 1.165) is 11.1 Å². The lowest BCUT2D eigenvalue weighted by Crippen LogP contribution is -2.38. The largest absolute Gasteiger partial charge is 0.508 e. The number of carbonyl (C=O) groups is 1. The molecule has 7 nitrogen and oxygen atoms in total. The van der Waals surface area contributed by atoms with E-state index in [2.05, 4.69) is 15.4 Å². The smallest absolute Gasteiger partial charge is 0.276 e. The molecule has 0 fully saturated rings. The number of H-pyrrole nitrogens is 1. The Morgan fingerprint density at radius 3 is 3.04 bits per heavy atom. The number of fused-ring (bicyclic) bond motifs is 2. The van der Waals surface area contributed by atoms with Crippen molar-refractivity contribution in [1.82, 2.24) is 19.9 Å². The maximum atomic E-state index is 12.5. The van der Waals surface area contributed by atoms with Gasteiger partial charge in [0.25, 0.3) is 5.56 Å². The quantitative estimate of drug-likeness (QED) is 0.659. The Balaban J connectivity index is 1.51. The molecule has 1 amide bonds. The number of aryl methyl sites for hydroxylation is 1. The predicted octanol–water partition coefficient (Wildman–Crippen LogP) is 0.863. The summed E-state index contributed by atoms with van der Waals surface area (Å²) in [5.41, 5.74) is 3.17. The van der Waals surface area contributed by atoms with Crippen molar-refractivity contribution in [3.8, 4) is 5.75 Å². The first-order valence-electron chi connectivity index (χ1n) is 8.17. The van der Waals surface area contributed by atoms with Gasteiger partial charge in [-0.3, -0.25) is 14.7 Å². The molecule has 3 N–H and O–H groups in total. The standard InChI is InChI=1S/C18H18N4O3/c1-10-13(18(25)22-16(20-10)5-6-19-22)9-17(24)21-12-7-11-3-2-4-15(23)14(11)8-12/h2-6,12,19,23H,7-9H2,1H3,(H,21,24). The van der Waals surface area contributed by atoms with E-state index in [9.17, 15) is 14.7 Å². The average molecular weight is 338 g/mol. The summed E-state index contributed by atoms with van der Waals surface area (Å²) in [6.07, 6.45) is 2.90. The fourth-order valence-corrected chi connectivity index (χ4v) is 3.48. The van der Waals surface area contributed by atoms with Gasteiger partial charge in [0.2, 0.25) is 5.91 Å². The minimum Gasteiger partial charge on any atom is -0.508 e. The minimum absolute atomic E-state index is 0.0154. The van der Waals surface area contributed by atoms with Crippen LogP contribution in [-0.2, 0) is 24.1 Å². The highest BCUT2D eigenvalue weighted by molar-refractivity contribution is 5.79. The highest BCUT2D eigenvalue weighted by atomic mass is 16.3. The number of nitrogens with zero attached hydrogens (tertiary/aromatic N) is 2. The van der Waals surface area contributed by atoms with Crippen molar-refractivity contribution in [3.05, 3.63) is 63.2 Å². The number of phenols is 1. The third-order valence-corrected chi connectivity index (χ3v) is 4.71. The molecule has 1 aliphatic carbocycles. The number of rotatable bonds is 3. The van der Waals surface area contributed by atoms with Crippen LogP contribution in [0.3, 0.4) is 0 Å². The number of hydrogen-bond acceptors (Lipinski definition) is 4. The van der Waals surface area contributed by atoms with Crippen molar-refractivity contribution in [2.24, 2.45) is 0 Å². The molecule has 1 aromatic carbocycles.